The van der Waals surface area contributed by atoms with Crippen LogP contribution in [0.15, 0.2) is 0 Å². The molecule has 0 amide bonds. The molecule has 0 aromatic rings. The van der Waals surface area contributed by atoms with Crippen molar-refractivity contribution in [2.24, 2.45) is 0 Å². The van der Waals surface area contributed by atoms with E-state index in [1.165, 1.54) is 0 Å². The fourth-order valence-corrected chi connectivity index (χ4v) is 14.0. The Balaban J connectivity index is 4.42. The maximum Gasteiger partial charge on any atom is 0.190 e. The first-order chi connectivity index (χ1) is 5.59. The second kappa shape index (κ2) is 4.39. The molecular weight excluding hydrogens is 208 g/mol. The van der Waals surface area contributed by atoms with Crippen molar-refractivity contribution in [2.75, 3.05) is 14.1 Å². The van der Waals surface area contributed by atoms with Gasteiger partial charge in [-0.2, -0.15) is 0 Å². The Bertz CT molecular complexity index is 149. The summed E-state index contributed by atoms with van der Waals surface area (Å²) in [4.78, 5) is 0. The van der Waals surface area contributed by atoms with Gasteiger partial charge in [0.1, 0.15) is 7.75 Å². The maximum absolute atomic E-state index is 3.98. The van der Waals surface area contributed by atoms with Crippen LogP contribution in [0, 0.1) is 0 Å². The standard InChI is InChI=1S/C8H25N2Si3/c1-10(2)12(5,6)9-13(7,8)11(3)4/h9H,1-8H3. The molecule has 0 fully saturated rings. The maximum atomic E-state index is 3.98. The van der Waals surface area contributed by atoms with Crippen LogP contribution in [0.1, 0.15) is 0 Å². The van der Waals surface area contributed by atoms with Gasteiger partial charge < -0.3 is 9.21 Å². The lowest BCUT2D eigenvalue weighted by Gasteiger charge is -2.40. The van der Waals surface area contributed by atoms with Gasteiger partial charge in [0.05, 0.1) is 8.31 Å². The zero-order chi connectivity index (χ0) is 10.9. The van der Waals surface area contributed by atoms with Gasteiger partial charge in [-0.3, -0.25) is 0 Å². The molecule has 0 saturated carbocycles. The van der Waals surface area contributed by atoms with E-state index >= 15 is 0 Å². The van der Waals surface area contributed by atoms with Crippen molar-refractivity contribution in [1.29, 1.82) is 0 Å². The van der Waals surface area contributed by atoms with Crippen LogP contribution in [0.25, 0.3) is 0 Å². The van der Waals surface area contributed by atoms with E-state index in [0.29, 0.717) is 0 Å². The van der Waals surface area contributed by atoms with Gasteiger partial charge in [0.15, 0.2) is 8.40 Å². The molecule has 0 aromatic carbocycles. The van der Waals surface area contributed by atoms with Crippen LogP contribution in [0.2, 0.25) is 39.3 Å². The number of rotatable bonds is 4. The lowest BCUT2D eigenvalue weighted by molar-refractivity contribution is 0.613. The lowest BCUT2D eigenvalue weighted by Crippen LogP contribution is -2.70. The molecule has 0 atom stereocenters. The zero-order valence-corrected chi connectivity index (χ0v) is 13.4. The first-order valence-electron chi connectivity index (χ1n) is 4.87. The third-order valence-corrected chi connectivity index (χ3v) is 21.3. The van der Waals surface area contributed by atoms with E-state index < -0.39 is 16.2 Å². The minimum Gasteiger partial charge on any atom is -0.350 e. The first-order valence-corrected chi connectivity index (χ1v) is 14.3. The molecule has 2 nitrogen and oxygen atoms in total. The highest BCUT2D eigenvalue weighted by Crippen LogP contribution is 2.10. The molecule has 0 spiro atoms. The lowest BCUT2D eigenvalue weighted by atomic mass is 11.3. The minimum absolute atomic E-state index is 0.141. The molecule has 13 heavy (non-hydrogen) atoms. The van der Waals surface area contributed by atoms with Crippen LogP contribution < -0.4 is 4.65 Å². The van der Waals surface area contributed by atoms with Gasteiger partial charge in [-0.1, -0.05) is 26.2 Å². The van der Waals surface area contributed by atoms with Gasteiger partial charge in [0.2, 0.25) is 0 Å². The van der Waals surface area contributed by atoms with Gasteiger partial charge in [0.25, 0.3) is 0 Å². The van der Waals surface area contributed by atoms with E-state index in [-0.39, 0.29) is 8.31 Å². The van der Waals surface area contributed by atoms with Gasteiger partial charge >= 0.3 is 0 Å². The van der Waals surface area contributed by atoms with E-state index in [4.69, 9.17) is 0 Å². The molecule has 0 aromatic heterocycles. The van der Waals surface area contributed by atoms with E-state index in [2.05, 4.69) is 62.6 Å². The van der Waals surface area contributed by atoms with Gasteiger partial charge in [-0.05, 0) is 27.2 Å². The first kappa shape index (κ1) is 13.6. The van der Waals surface area contributed by atoms with Crippen LogP contribution >= 0.6 is 0 Å². The summed E-state index contributed by atoms with van der Waals surface area (Å²) in [5, 5.41) is 0. The smallest absolute Gasteiger partial charge is 0.190 e. The molecule has 0 heterocycles. The molecule has 0 saturated heterocycles. The molecule has 0 unspecified atom stereocenters. The molecule has 0 rings (SSSR count). The van der Waals surface area contributed by atoms with E-state index in [1.54, 1.807) is 0 Å². The van der Waals surface area contributed by atoms with E-state index in [9.17, 15) is 0 Å². The summed E-state index contributed by atoms with van der Waals surface area (Å²) in [6.45, 7) is 14.6. The molecule has 0 aliphatic rings. The largest absolute Gasteiger partial charge is 0.350 e. The highest BCUT2D eigenvalue weighted by molar-refractivity contribution is 7.32. The third kappa shape index (κ3) is 4.07. The van der Waals surface area contributed by atoms with Gasteiger partial charge in [-0.25, -0.2) is 0 Å². The van der Waals surface area contributed by atoms with Crippen LogP contribution in [0.3, 0.4) is 0 Å². The number of nitrogens with zero attached hydrogens (tertiary/aromatic N) is 1. The van der Waals surface area contributed by atoms with E-state index in [1.807, 2.05) is 0 Å². The van der Waals surface area contributed by atoms with Crippen molar-refractivity contribution >= 4 is 24.5 Å². The molecule has 79 valence electrons. The highest BCUT2D eigenvalue weighted by Gasteiger charge is 2.35. The number of nitrogens with one attached hydrogen (secondary N) is 1. The summed E-state index contributed by atoms with van der Waals surface area (Å²) in [6, 6.07) is 0. The van der Waals surface area contributed by atoms with Crippen molar-refractivity contribution in [2.45, 2.75) is 39.3 Å². The quantitative estimate of drug-likeness (QED) is 0.746. The van der Waals surface area contributed by atoms with Crippen LogP contribution in [0.5, 0.6) is 0 Å². The summed E-state index contributed by atoms with van der Waals surface area (Å²) in [6.07, 6.45) is 0. The fraction of sp³-hybridized carbons (Fsp3) is 1.00. The Kier molecular flexibility index (Phi) is 4.59. The second-order valence-corrected chi connectivity index (χ2v) is 22.2. The SMILES string of the molecule is CN(C)[Si](C)(C)N[Si](C)(C)[Si](C)C. The van der Waals surface area contributed by atoms with Crippen molar-refractivity contribution in [3.63, 3.8) is 0 Å². The summed E-state index contributed by atoms with van der Waals surface area (Å²) in [5.74, 6) is 0. The summed E-state index contributed by atoms with van der Waals surface area (Å²) < 4.78 is 6.38. The van der Waals surface area contributed by atoms with Crippen LogP contribution in [-0.2, 0) is 0 Å². The van der Waals surface area contributed by atoms with Crippen molar-refractivity contribution < 1.29 is 0 Å². The molecule has 0 bridgehead atoms. The number of hydrogen-bond donors (Lipinski definition) is 1. The van der Waals surface area contributed by atoms with Crippen LogP contribution in [-0.4, -0.2) is 43.1 Å². The monoisotopic (exact) mass is 233 g/mol. The zero-order valence-electron chi connectivity index (χ0n) is 10.4. The van der Waals surface area contributed by atoms with Gasteiger partial charge in [-0.15, -0.1) is 0 Å². The Morgan fingerprint density at radius 3 is 1.62 bits per heavy atom. The Morgan fingerprint density at radius 2 is 1.38 bits per heavy atom. The van der Waals surface area contributed by atoms with Gasteiger partial charge in [0, 0.05) is 0 Å². The Hall–Kier alpha value is 0.571. The Labute approximate surface area is 87.4 Å². The fourth-order valence-electron chi connectivity index (χ4n) is 1.00. The number of hydrogen-bond acceptors (Lipinski definition) is 2. The normalized spacial score (nSPS) is 14.3. The van der Waals surface area contributed by atoms with Crippen molar-refractivity contribution in [1.82, 2.24) is 9.21 Å². The highest BCUT2D eigenvalue weighted by atomic mass is 29.2. The van der Waals surface area contributed by atoms with Crippen molar-refractivity contribution in [3.05, 3.63) is 0 Å². The molecular formula is C8H25N2Si3. The summed E-state index contributed by atoms with van der Waals surface area (Å²) in [7, 11) is 1.84. The average molecular weight is 234 g/mol. The summed E-state index contributed by atoms with van der Waals surface area (Å²) >= 11 is 0. The topological polar surface area (TPSA) is 15.3 Å². The molecule has 1 N–H and O–H groups in total. The predicted molar refractivity (Wildman–Crippen MR) is 69.3 cm³/mol. The van der Waals surface area contributed by atoms with Crippen molar-refractivity contribution in [3.8, 4) is 0 Å². The molecule has 0 aliphatic carbocycles. The Morgan fingerprint density at radius 1 is 1.00 bits per heavy atom. The second-order valence-electron chi connectivity index (χ2n) is 5.20. The average Bonchev–Trinajstić information content (AvgIpc) is 1.83. The molecule has 5 heteroatoms. The van der Waals surface area contributed by atoms with Crippen LogP contribution in [0.4, 0.5) is 0 Å². The third-order valence-electron chi connectivity index (χ3n) is 2.99. The predicted octanol–water partition coefficient (Wildman–Crippen LogP) is 1.88. The molecule has 0 aliphatic heterocycles. The van der Waals surface area contributed by atoms with E-state index in [0.717, 1.165) is 0 Å². The summed E-state index contributed by atoms with van der Waals surface area (Å²) in [5.41, 5.74) is 0. The minimum atomic E-state index is -1.31. The molecule has 1 radical (unpaired) electrons.